The van der Waals surface area contributed by atoms with Crippen LogP contribution in [0, 0.1) is 0 Å². The fourth-order valence-electron chi connectivity index (χ4n) is 0.806. The highest BCUT2D eigenvalue weighted by molar-refractivity contribution is 7.85. The highest BCUT2D eigenvalue weighted by Crippen LogP contribution is 2.05. The van der Waals surface area contributed by atoms with E-state index in [4.69, 9.17) is 9.66 Å². The van der Waals surface area contributed by atoms with Crippen LogP contribution < -0.4 is 0 Å². The first-order chi connectivity index (χ1) is 7.38. The van der Waals surface area contributed by atoms with E-state index in [1.807, 2.05) is 6.92 Å². The summed E-state index contributed by atoms with van der Waals surface area (Å²) in [5, 5.41) is 7.91. The van der Waals surface area contributed by atoms with Gasteiger partial charge in [-0.15, -0.1) is 0 Å². The van der Waals surface area contributed by atoms with E-state index in [0.717, 1.165) is 6.42 Å². The predicted molar refractivity (Wildman–Crippen MR) is 58.8 cm³/mol. The Bertz CT molecular complexity index is 410. The van der Waals surface area contributed by atoms with E-state index in [-0.39, 0.29) is 4.90 Å². The standard InChI is InChI=1S/C6H6O3S.C4H8O2/c7-10(8,9)6-4-2-1-3-5-6;1-2-3-4(5)6/h1-5H,(H,7,8,9);2-3H2,1H3,(H,5,6). The van der Waals surface area contributed by atoms with Crippen LogP contribution in [0.25, 0.3) is 0 Å². The fraction of sp³-hybridized carbons (Fsp3) is 0.300. The van der Waals surface area contributed by atoms with Gasteiger partial charge in [0.15, 0.2) is 0 Å². The molecule has 0 unspecified atom stereocenters. The Hall–Kier alpha value is -1.40. The molecule has 0 aromatic heterocycles. The van der Waals surface area contributed by atoms with Crippen LogP contribution in [-0.4, -0.2) is 24.0 Å². The van der Waals surface area contributed by atoms with Crippen molar-refractivity contribution in [3.05, 3.63) is 30.3 Å². The minimum absolute atomic E-state index is 0.0741. The molecule has 0 bridgehead atoms. The van der Waals surface area contributed by atoms with Crippen LogP contribution in [0.5, 0.6) is 0 Å². The monoisotopic (exact) mass is 246 g/mol. The first-order valence-electron chi connectivity index (χ1n) is 4.62. The third kappa shape index (κ3) is 6.97. The molecule has 0 aliphatic rings. The van der Waals surface area contributed by atoms with Gasteiger partial charge < -0.3 is 5.11 Å². The number of aliphatic carboxylic acids is 1. The van der Waals surface area contributed by atoms with Gasteiger partial charge in [0.05, 0.1) is 4.90 Å². The zero-order valence-corrected chi connectivity index (χ0v) is 9.64. The molecule has 1 aromatic carbocycles. The van der Waals surface area contributed by atoms with Crippen LogP contribution >= 0.6 is 0 Å². The van der Waals surface area contributed by atoms with Crippen LogP contribution in [0.1, 0.15) is 19.8 Å². The summed E-state index contributed by atoms with van der Waals surface area (Å²) < 4.78 is 29.2. The van der Waals surface area contributed by atoms with Crippen molar-refractivity contribution in [3.8, 4) is 0 Å². The van der Waals surface area contributed by atoms with Gasteiger partial charge in [-0.05, 0) is 18.6 Å². The molecule has 0 amide bonds. The zero-order valence-electron chi connectivity index (χ0n) is 8.83. The van der Waals surface area contributed by atoms with Crippen molar-refractivity contribution in [1.29, 1.82) is 0 Å². The Morgan fingerprint density at radius 1 is 1.25 bits per heavy atom. The summed E-state index contributed by atoms with van der Waals surface area (Å²) in [6.07, 6.45) is 1.02. The number of rotatable bonds is 3. The number of hydrogen-bond acceptors (Lipinski definition) is 3. The first kappa shape index (κ1) is 14.6. The third-order valence-electron chi connectivity index (χ3n) is 1.50. The first-order valence-corrected chi connectivity index (χ1v) is 6.06. The molecule has 0 atom stereocenters. The molecule has 0 aliphatic carbocycles. The highest BCUT2D eigenvalue weighted by atomic mass is 32.2. The second-order valence-electron chi connectivity index (χ2n) is 2.93. The zero-order chi connectivity index (χ0) is 12.6. The maximum Gasteiger partial charge on any atom is 0.303 e. The lowest BCUT2D eigenvalue weighted by Gasteiger charge is -1.92. The fourth-order valence-corrected chi connectivity index (χ4v) is 1.31. The number of carboxylic acids is 1. The Balaban J connectivity index is 0.000000325. The summed E-state index contributed by atoms with van der Waals surface area (Å²) in [5.74, 6) is -0.711. The second kappa shape index (κ2) is 6.97. The van der Waals surface area contributed by atoms with Gasteiger partial charge in [0.1, 0.15) is 0 Å². The van der Waals surface area contributed by atoms with E-state index < -0.39 is 16.1 Å². The van der Waals surface area contributed by atoms with Crippen LogP contribution in [0.3, 0.4) is 0 Å². The Morgan fingerprint density at radius 3 is 1.94 bits per heavy atom. The average Bonchev–Trinajstić information content (AvgIpc) is 2.18. The van der Waals surface area contributed by atoms with Gasteiger partial charge in [-0.25, -0.2) is 0 Å². The summed E-state index contributed by atoms with van der Waals surface area (Å²) >= 11 is 0. The molecule has 5 nitrogen and oxygen atoms in total. The summed E-state index contributed by atoms with van der Waals surface area (Å²) in [6, 6.07) is 7.42. The Labute approximate surface area is 94.5 Å². The Morgan fingerprint density at radius 2 is 1.75 bits per heavy atom. The molecular formula is C10H14O5S. The van der Waals surface area contributed by atoms with Crippen molar-refractivity contribution in [2.75, 3.05) is 0 Å². The second-order valence-corrected chi connectivity index (χ2v) is 4.35. The number of carbonyl (C=O) groups is 1. The van der Waals surface area contributed by atoms with Gasteiger partial charge in [0, 0.05) is 6.42 Å². The van der Waals surface area contributed by atoms with Gasteiger partial charge >= 0.3 is 5.97 Å². The maximum atomic E-state index is 10.4. The van der Waals surface area contributed by atoms with Crippen molar-refractivity contribution < 1.29 is 22.9 Å². The summed E-state index contributed by atoms with van der Waals surface area (Å²) in [5.41, 5.74) is 0. The Kier molecular flexibility index (Phi) is 6.36. The highest BCUT2D eigenvalue weighted by Gasteiger charge is 2.05. The SMILES string of the molecule is CCCC(=O)O.O=S(=O)(O)c1ccccc1. The lowest BCUT2D eigenvalue weighted by atomic mass is 10.4. The summed E-state index contributed by atoms with van der Waals surface area (Å²) in [4.78, 5) is 9.53. The van der Waals surface area contributed by atoms with Crippen molar-refractivity contribution in [2.45, 2.75) is 24.7 Å². The van der Waals surface area contributed by atoms with E-state index >= 15 is 0 Å². The quantitative estimate of drug-likeness (QED) is 0.793. The van der Waals surface area contributed by atoms with Crippen LogP contribution in [-0.2, 0) is 14.9 Å². The molecule has 90 valence electrons. The van der Waals surface area contributed by atoms with Gasteiger partial charge in [0.2, 0.25) is 0 Å². The molecule has 0 saturated heterocycles. The molecule has 1 aromatic rings. The van der Waals surface area contributed by atoms with Crippen LogP contribution in [0.4, 0.5) is 0 Å². The maximum absolute atomic E-state index is 10.4. The molecule has 0 saturated carbocycles. The minimum atomic E-state index is -4.00. The van der Waals surface area contributed by atoms with Crippen molar-refractivity contribution in [3.63, 3.8) is 0 Å². The van der Waals surface area contributed by atoms with Gasteiger partial charge in [-0.3, -0.25) is 9.35 Å². The van der Waals surface area contributed by atoms with E-state index in [1.54, 1.807) is 18.2 Å². The molecule has 6 heteroatoms. The van der Waals surface area contributed by atoms with Crippen molar-refractivity contribution >= 4 is 16.1 Å². The lowest BCUT2D eigenvalue weighted by Crippen LogP contribution is -1.96. The molecule has 0 spiro atoms. The predicted octanol–water partition coefficient (Wildman–Crippen LogP) is 1.80. The van der Waals surface area contributed by atoms with E-state index in [9.17, 15) is 13.2 Å². The number of benzene rings is 1. The van der Waals surface area contributed by atoms with Gasteiger partial charge in [0.25, 0.3) is 10.1 Å². The molecule has 1 rings (SSSR count). The largest absolute Gasteiger partial charge is 0.481 e. The molecule has 0 fully saturated rings. The molecule has 0 aliphatic heterocycles. The van der Waals surface area contributed by atoms with E-state index in [0.29, 0.717) is 6.42 Å². The summed E-state index contributed by atoms with van der Waals surface area (Å²) in [6.45, 7) is 1.84. The van der Waals surface area contributed by atoms with Gasteiger partial charge in [-0.1, -0.05) is 25.1 Å². The van der Waals surface area contributed by atoms with E-state index in [2.05, 4.69) is 0 Å². The molecule has 2 N–H and O–H groups in total. The third-order valence-corrected chi connectivity index (χ3v) is 2.37. The van der Waals surface area contributed by atoms with Gasteiger partial charge in [-0.2, -0.15) is 8.42 Å². The molecule has 0 heterocycles. The molecule has 0 radical (unpaired) electrons. The number of carboxylic acid groups (broad SMARTS) is 1. The average molecular weight is 246 g/mol. The van der Waals surface area contributed by atoms with Crippen LogP contribution in [0.15, 0.2) is 35.2 Å². The summed E-state index contributed by atoms with van der Waals surface area (Å²) in [7, 11) is -4.00. The minimum Gasteiger partial charge on any atom is -0.481 e. The van der Waals surface area contributed by atoms with Crippen molar-refractivity contribution in [2.24, 2.45) is 0 Å². The van der Waals surface area contributed by atoms with Crippen LogP contribution in [0.2, 0.25) is 0 Å². The molecule has 16 heavy (non-hydrogen) atoms. The lowest BCUT2D eigenvalue weighted by molar-refractivity contribution is -0.137. The number of hydrogen-bond donors (Lipinski definition) is 2. The van der Waals surface area contributed by atoms with E-state index in [1.165, 1.54) is 12.1 Å². The van der Waals surface area contributed by atoms with Crippen molar-refractivity contribution in [1.82, 2.24) is 0 Å². The molecular weight excluding hydrogens is 232 g/mol. The normalized spacial score (nSPS) is 10.1. The topological polar surface area (TPSA) is 91.7 Å². The smallest absolute Gasteiger partial charge is 0.303 e.